The normalized spacial score (nSPS) is 16.4. The molecule has 0 atom stereocenters. The third kappa shape index (κ3) is 2.97. The molecule has 0 bridgehead atoms. The molecular weight excluding hydrogens is 268 g/mol. The minimum absolute atomic E-state index is 0.981. The molecule has 1 saturated heterocycles. The second-order valence-electron chi connectivity index (χ2n) is 5.17. The smallest absolute Gasteiger partial charge is 0.142 e. The van der Waals surface area contributed by atoms with Gasteiger partial charge in [0.1, 0.15) is 12.3 Å². The van der Waals surface area contributed by atoms with Crippen LogP contribution in [0.1, 0.15) is 4.88 Å². The van der Waals surface area contributed by atoms with Gasteiger partial charge in [-0.1, -0.05) is 18.2 Å². The molecule has 1 fully saturated rings. The summed E-state index contributed by atoms with van der Waals surface area (Å²) in [4.78, 5) is 5.61. The number of hydrogen-bond donors (Lipinski definition) is 1. The van der Waals surface area contributed by atoms with Crippen LogP contribution in [0, 0.1) is 0 Å². The summed E-state index contributed by atoms with van der Waals surface area (Å²) in [6, 6.07) is 12.7. The lowest BCUT2D eigenvalue weighted by atomic mass is 10.2. The zero-order chi connectivity index (χ0) is 13.8. The highest BCUT2D eigenvalue weighted by molar-refractivity contribution is 7.09. The van der Waals surface area contributed by atoms with E-state index in [0.29, 0.717) is 0 Å². The number of methoxy groups -OCH3 is 1. The molecule has 3 nitrogen and oxygen atoms in total. The Morgan fingerprint density at radius 2 is 1.95 bits per heavy atom. The molecule has 1 aromatic carbocycles. The first-order chi connectivity index (χ1) is 9.86. The molecule has 1 aliphatic heterocycles. The number of rotatable bonds is 4. The van der Waals surface area contributed by atoms with Crippen LogP contribution >= 0.6 is 11.3 Å². The van der Waals surface area contributed by atoms with Crippen molar-refractivity contribution in [3.8, 4) is 5.75 Å². The van der Waals surface area contributed by atoms with Gasteiger partial charge < -0.3 is 14.5 Å². The van der Waals surface area contributed by atoms with Crippen LogP contribution in [-0.2, 0) is 6.54 Å². The molecule has 3 rings (SSSR count). The van der Waals surface area contributed by atoms with Crippen molar-refractivity contribution >= 4 is 17.0 Å². The van der Waals surface area contributed by atoms with Gasteiger partial charge in [-0.2, -0.15) is 0 Å². The first-order valence-corrected chi connectivity index (χ1v) is 7.98. The van der Waals surface area contributed by atoms with Crippen LogP contribution in [0.25, 0.3) is 0 Å². The summed E-state index contributed by atoms with van der Waals surface area (Å²) < 4.78 is 5.46. The summed E-state index contributed by atoms with van der Waals surface area (Å²) >= 11 is 1.87. The highest BCUT2D eigenvalue weighted by atomic mass is 32.1. The van der Waals surface area contributed by atoms with E-state index in [1.165, 1.54) is 23.7 Å². The molecule has 1 aliphatic rings. The van der Waals surface area contributed by atoms with E-state index >= 15 is 0 Å². The molecular formula is C16H21N2OS+. The number of quaternary nitrogens is 1. The van der Waals surface area contributed by atoms with Crippen LogP contribution < -0.4 is 14.5 Å². The van der Waals surface area contributed by atoms with Crippen molar-refractivity contribution in [2.75, 3.05) is 38.2 Å². The molecule has 0 aliphatic carbocycles. The standard InChI is InChI=1S/C16H20N2OS/c1-19-16-7-3-2-6-15(16)18-10-8-17(9-11-18)13-14-5-4-12-20-14/h2-7,12H,8-11,13H2,1H3/p+1. The number of piperazine rings is 1. The largest absolute Gasteiger partial charge is 0.495 e. The maximum Gasteiger partial charge on any atom is 0.142 e. The molecule has 0 radical (unpaired) electrons. The van der Waals surface area contributed by atoms with Crippen LogP contribution in [0.5, 0.6) is 5.75 Å². The summed E-state index contributed by atoms with van der Waals surface area (Å²) in [6.45, 7) is 5.74. The van der Waals surface area contributed by atoms with Crippen molar-refractivity contribution < 1.29 is 9.64 Å². The molecule has 106 valence electrons. The fourth-order valence-corrected chi connectivity index (χ4v) is 3.57. The van der Waals surface area contributed by atoms with Crippen molar-refractivity contribution in [1.82, 2.24) is 0 Å². The van der Waals surface area contributed by atoms with Gasteiger partial charge in [0, 0.05) is 0 Å². The van der Waals surface area contributed by atoms with Crippen LogP contribution in [0.15, 0.2) is 41.8 Å². The Hall–Kier alpha value is -1.52. The number of ether oxygens (including phenoxy) is 1. The molecule has 1 N–H and O–H groups in total. The van der Waals surface area contributed by atoms with Gasteiger partial charge in [-0.3, -0.25) is 0 Å². The van der Waals surface area contributed by atoms with Gasteiger partial charge in [-0.05, 0) is 23.6 Å². The molecule has 0 amide bonds. The number of nitrogens with one attached hydrogen (secondary N) is 1. The lowest BCUT2D eigenvalue weighted by Crippen LogP contribution is -3.13. The molecule has 1 aromatic heterocycles. The fourth-order valence-electron chi connectivity index (χ4n) is 2.79. The minimum Gasteiger partial charge on any atom is -0.495 e. The Labute approximate surface area is 124 Å². The molecule has 4 heteroatoms. The number of anilines is 1. The van der Waals surface area contributed by atoms with Gasteiger partial charge >= 0.3 is 0 Å². The molecule has 20 heavy (non-hydrogen) atoms. The predicted octanol–water partition coefficient (Wildman–Crippen LogP) is 1.66. The Balaban J connectivity index is 1.60. The van der Waals surface area contributed by atoms with Gasteiger partial charge in [-0.15, -0.1) is 11.3 Å². The average molecular weight is 289 g/mol. The first kappa shape index (κ1) is 13.5. The van der Waals surface area contributed by atoms with Crippen molar-refractivity contribution in [1.29, 1.82) is 0 Å². The van der Waals surface area contributed by atoms with E-state index in [9.17, 15) is 0 Å². The first-order valence-electron chi connectivity index (χ1n) is 7.11. The maximum absolute atomic E-state index is 5.46. The lowest BCUT2D eigenvalue weighted by molar-refractivity contribution is -0.914. The summed E-state index contributed by atoms with van der Waals surface area (Å²) in [7, 11) is 1.75. The Kier molecular flexibility index (Phi) is 4.23. The van der Waals surface area contributed by atoms with E-state index in [1.54, 1.807) is 12.0 Å². The van der Waals surface area contributed by atoms with Gasteiger partial charge in [0.05, 0.1) is 43.9 Å². The SMILES string of the molecule is COc1ccccc1N1CC[NH+](Cc2cccs2)CC1. The van der Waals surface area contributed by atoms with Crippen molar-refractivity contribution in [3.63, 3.8) is 0 Å². The van der Waals surface area contributed by atoms with Crippen LogP contribution in [0.3, 0.4) is 0 Å². The monoisotopic (exact) mass is 289 g/mol. The Bertz CT molecular complexity index is 533. The highest BCUT2D eigenvalue weighted by Crippen LogP contribution is 2.27. The van der Waals surface area contributed by atoms with Gasteiger partial charge in [0.2, 0.25) is 0 Å². The molecule has 2 heterocycles. The van der Waals surface area contributed by atoms with Crippen LogP contribution in [-0.4, -0.2) is 33.3 Å². The average Bonchev–Trinajstić information content (AvgIpc) is 3.01. The van der Waals surface area contributed by atoms with Crippen molar-refractivity contribution in [2.45, 2.75) is 6.54 Å². The number of thiophene rings is 1. The second kappa shape index (κ2) is 6.29. The topological polar surface area (TPSA) is 16.9 Å². The summed E-state index contributed by atoms with van der Waals surface area (Å²) in [5.41, 5.74) is 1.23. The third-order valence-corrected chi connectivity index (χ3v) is 4.78. The number of para-hydroxylation sites is 2. The molecule has 0 unspecified atom stereocenters. The van der Waals surface area contributed by atoms with Gasteiger partial charge in [0.25, 0.3) is 0 Å². The Morgan fingerprint density at radius 1 is 1.15 bits per heavy atom. The fraction of sp³-hybridized carbons (Fsp3) is 0.375. The summed E-state index contributed by atoms with van der Waals surface area (Å²) in [6.07, 6.45) is 0. The second-order valence-corrected chi connectivity index (χ2v) is 6.20. The summed E-state index contributed by atoms with van der Waals surface area (Å²) in [5.74, 6) is 0.981. The van der Waals surface area contributed by atoms with E-state index in [1.807, 2.05) is 23.5 Å². The quantitative estimate of drug-likeness (QED) is 0.922. The van der Waals surface area contributed by atoms with Crippen LogP contribution in [0.2, 0.25) is 0 Å². The zero-order valence-corrected chi connectivity index (χ0v) is 12.7. The van der Waals surface area contributed by atoms with E-state index in [4.69, 9.17) is 4.74 Å². The summed E-state index contributed by atoms with van der Waals surface area (Å²) in [5, 5.41) is 2.17. The van der Waals surface area contributed by atoms with E-state index in [2.05, 4.69) is 34.5 Å². The van der Waals surface area contributed by atoms with Crippen LogP contribution in [0.4, 0.5) is 5.69 Å². The van der Waals surface area contributed by atoms with Gasteiger partial charge in [0.15, 0.2) is 0 Å². The third-order valence-electron chi connectivity index (χ3n) is 3.90. The Morgan fingerprint density at radius 3 is 2.65 bits per heavy atom. The number of benzene rings is 1. The lowest BCUT2D eigenvalue weighted by Gasteiger charge is -2.34. The minimum atomic E-state index is 0.981. The van der Waals surface area contributed by atoms with E-state index < -0.39 is 0 Å². The molecule has 2 aromatic rings. The molecule has 0 spiro atoms. The molecule has 0 saturated carbocycles. The number of nitrogens with zero attached hydrogens (tertiary/aromatic N) is 1. The van der Waals surface area contributed by atoms with Crippen molar-refractivity contribution in [3.05, 3.63) is 46.7 Å². The predicted molar refractivity (Wildman–Crippen MR) is 83.9 cm³/mol. The number of hydrogen-bond acceptors (Lipinski definition) is 3. The van der Waals surface area contributed by atoms with Gasteiger partial charge in [-0.25, -0.2) is 0 Å². The zero-order valence-electron chi connectivity index (χ0n) is 11.8. The van der Waals surface area contributed by atoms with E-state index in [0.717, 1.165) is 25.4 Å². The highest BCUT2D eigenvalue weighted by Gasteiger charge is 2.22. The maximum atomic E-state index is 5.46. The van der Waals surface area contributed by atoms with E-state index in [-0.39, 0.29) is 0 Å². The van der Waals surface area contributed by atoms with Crippen molar-refractivity contribution in [2.24, 2.45) is 0 Å².